The van der Waals surface area contributed by atoms with Crippen molar-refractivity contribution in [2.45, 2.75) is 51.5 Å². The van der Waals surface area contributed by atoms with Gasteiger partial charge in [0.25, 0.3) is 0 Å². The van der Waals surface area contributed by atoms with Crippen LogP contribution in [0.5, 0.6) is 11.5 Å². The molecule has 116 valence electrons. The molecule has 1 saturated carbocycles. The highest BCUT2D eigenvalue weighted by atomic mass is 16.6. The predicted molar refractivity (Wildman–Crippen MR) is 85.0 cm³/mol. The molecule has 0 amide bonds. The van der Waals surface area contributed by atoms with Crippen LogP contribution in [-0.4, -0.2) is 19.8 Å². The summed E-state index contributed by atoms with van der Waals surface area (Å²) in [7, 11) is 0. The minimum absolute atomic E-state index is 0.448. The second kappa shape index (κ2) is 7.17. The minimum atomic E-state index is 0.448. The molecule has 0 bridgehead atoms. The quantitative estimate of drug-likeness (QED) is 0.847. The average molecular weight is 289 g/mol. The fourth-order valence-electron chi connectivity index (χ4n) is 3.67. The molecule has 1 fully saturated rings. The van der Waals surface area contributed by atoms with E-state index in [1.807, 2.05) is 0 Å². The smallest absolute Gasteiger partial charge is 0.161 e. The van der Waals surface area contributed by atoms with Gasteiger partial charge >= 0.3 is 0 Å². The number of nitrogens with one attached hydrogen (secondary N) is 1. The number of benzene rings is 1. The Balaban J connectivity index is 1.82. The molecule has 21 heavy (non-hydrogen) atoms. The molecule has 0 saturated heterocycles. The minimum Gasteiger partial charge on any atom is -0.486 e. The lowest BCUT2D eigenvalue weighted by molar-refractivity contribution is 0.171. The molecule has 0 aromatic heterocycles. The van der Waals surface area contributed by atoms with Crippen molar-refractivity contribution in [3.63, 3.8) is 0 Å². The first-order valence-corrected chi connectivity index (χ1v) is 8.51. The van der Waals surface area contributed by atoms with Crippen LogP contribution in [0.25, 0.3) is 0 Å². The summed E-state index contributed by atoms with van der Waals surface area (Å²) in [4.78, 5) is 0. The molecule has 3 rings (SSSR count). The van der Waals surface area contributed by atoms with Gasteiger partial charge in [-0.3, -0.25) is 0 Å². The van der Waals surface area contributed by atoms with E-state index in [9.17, 15) is 0 Å². The lowest BCUT2D eigenvalue weighted by Gasteiger charge is -2.29. The van der Waals surface area contributed by atoms with Crippen molar-refractivity contribution in [2.24, 2.45) is 5.92 Å². The Labute approximate surface area is 128 Å². The summed E-state index contributed by atoms with van der Waals surface area (Å²) < 4.78 is 11.4. The molecule has 1 aliphatic carbocycles. The van der Waals surface area contributed by atoms with Gasteiger partial charge in [-0.1, -0.05) is 38.7 Å². The van der Waals surface area contributed by atoms with Crippen LogP contribution in [0.3, 0.4) is 0 Å². The molecule has 3 nitrogen and oxygen atoms in total. The average Bonchev–Trinajstić information content (AvgIpc) is 2.81. The van der Waals surface area contributed by atoms with E-state index in [1.165, 1.54) is 44.1 Å². The van der Waals surface area contributed by atoms with Crippen molar-refractivity contribution in [3.05, 3.63) is 23.8 Å². The van der Waals surface area contributed by atoms with Gasteiger partial charge in [0.05, 0.1) is 0 Å². The topological polar surface area (TPSA) is 30.5 Å². The Hall–Kier alpha value is -1.22. The van der Waals surface area contributed by atoms with Gasteiger partial charge in [-0.05, 0) is 43.0 Å². The highest BCUT2D eigenvalue weighted by molar-refractivity contribution is 5.44. The Bertz CT molecular complexity index is 453. The Morgan fingerprint density at radius 1 is 1.05 bits per heavy atom. The first kappa shape index (κ1) is 14.7. The first-order chi connectivity index (χ1) is 10.4. The Kier molecular flexibility index (Phi) is 5.02. The number of ether oxygens (including phenoxy) is 2. The third-order valence-electron chi connectivity index (χ3n) is 4.72. The predicted octanol–water partition coefficient (Wildman–Crippen LogP) is 4.08. The molecule has 1 aromatic rings. The number of fused-ring (bicyclic) bond motifs is 1. The number of hydrogen-bond acceptors (Lipinski definition) is 3. The molecule has 1 atom stereocenters. The summed E-state index contributed by atoms with van der Waals surface area (Å²) in [6.45, 7) is 4.52. The van der Waals surface area contributed by atoms with Gasteiger partial charge < -0.3 is 14.8 Å². The molecule has 0 radical (unpaired) electrons. The van der Waals surface area contributed by atoms with Crippen LogP contribution in [0.1, 0.15) is 57.1 Å². The summed E-state index contributed by atoms with van der Waals surface area (Å²) >= 11 is 0. The molecule has 1 heterocycles. The molecule has 1 unspecified atom stereocenters. The van der Waals surface area contributed by atoms with Crippen molar-refractivity contribution < 1.29 is 9.47 Å². The van der Waals surface area contributed by atoms with Crippen LogP contribution in [0.15, 0.2) is 18.2 Å². The van der Waals surface area contributed by atoms with E-state index in [1.54, 1.807) is 0 Å². The van der Waals surface area contributed by atoms with Crippen molar-refractivity contribution in [1.29, 1.82) is 0 Å². The fraction of sp³-hybridized carbons (Fsp3) is 0.667. The van der Waals surface area contributed by atoms with E-state index in [2.05, 4.69) is 30.4 Å². The molecular formula is C18H27NO2. The summed E-state index contributed by atoms with van der Waals surface area (Å²) in [6, 6.07) is 6.92. The molecule has 0 spiro atoms. The Morgan fingerprint density at radius 3 is 2.48 bits per heavy atom. The molecular weight excluding hydrogens is 262 g/mol. The third-order valence-corrected chi connectivity index (χ3v) is 4.72. The third kappa shape index (κ3) is 3.52. The number of rotatable bonds is 4. The van der Waals surface area contributed by atoms with Gasteiger partial charge in [-0.25, -0.2) is 0 Å². The van der Waals surface area contributed by atoms with Crippen LogP contribution >= 0.6 is 0 Å². The zero-order valence-corrected chi connectivity index (χ0v) is 13.1. The normalized spacial score (nSPS) is 20.8. The van der Waals surface area contributed by atoms with Gasteiger partial charge in [0.15, 0.2) is 11.5 Å². The van der Waals surface area contributed by atoms with Crippen molar-refractivity contribution in [2.75, 3.05) is 19.8 Å². The van der Waals surface area contributed by atoms with Crippen LogP contribution < -0.4 is 14.8 Å². The second-order valence-electron chi connectivity index (χ2n) is 6.19. The van der Waals surface area contributed by atoms with Crippen LogP contribution in [-0.2, 0) is 0 Å². The monoisotopic (exact) mass is 289 g/mol. The fourth-order valence-corrected chi connectivity index (χ4v) is 3.67. The van der Waals surface area contributed by atoms with E-state index in [0.717, 1.165) is 24.0 Å². The Morgan fingerprint density at radius 2 is 1.76 bits per heavy atom. The molecule has 1 N–H and O–H groups in total. The van der Waals surface area contributed by atoms with Gasteiger partial charge in [-0.15, -0.1) is 0 Å². The lowest BCUT2D eigenvalue weighted by atomic mass is 9.87. The van der Waals surface area contributed by atoms with Gasteiger partial charge in [0.2, 0.25) is 0 Å². The molecule has 2 aliphatic rings. The highest BCUT2D eigenvalue weighted by Gasteiger charge is 2.25. The second-order valence-corrected chi connectivity index (χ2v) is 6.19. The van der Waals surface area contributed by atoms with E-state index < -0.39 is 0 Å². The van der Waals surface area contributed by atoms with Crippen LogP contribution in [0.4, 0.5) is 0 Å². The molecule has 1 aliphatic heterocycles. The highest BCUT2D eigenvalue weighted by Crippen LogP contribution is 2.38. The van der Waals surface area contributed by atoms with Gasteiger partial charge in [0.1, 0.15) is 13.2 Å². The van der Waals surface area contributed by atoms with E-state index in [0.29, 0.717) is 19.3 Å². The van der Waals surface area contributed by atoms with Crippen molar-refractivity contribution >= 4 is 0 Å². The maximum atomic E-state index is 5.75. The molecule has 1 aromatic carbocycles. The van der Waals surface area contributed by atoms with E-state index in [-0.39, 0.29) is 0 Å². The molecule has 3 heteroatoms. The van der Waals surface area contributed by atoms with Crippen molar-refractivity contribution in [3.8, 4) is 11.5 Å². The maximum absolute atomic E-state index is 5.75. The summed E-state index contributed by atoms with van der Waals surface area (Å²) in [5.74, 6) is 2.55. The SMILES string of the molecule is CCNC(c1ccc2c(c1)OCCO2)C1CCCCCC1. The van der Waals surface area contributed by atoms with Crippen LogP contribution in [0.2, 0.25) is 0 Å². The van der Waals surface area contributed by atoms with Crippen molar-refractivity contribution in [1.82, 2.24) is 5.32 Å². The maximum Gasteiger partial charge on any atom is 0.161 e. The largest absolute Gasteiger partial charge is 0.486 e. The van der Waals surface area contributed by atoms with Gasteiger partial charge in [-0.2, -0.15) is 0 Å². The summed E-state index contributed by atoms with van der Waals surface area (Å²) in [5, 5.41) is 3.71. The van der Waals surface area contributed by atoms with Gasteiger partial charge in [0, 0.05) is 6.04 Å². The zero-order valence-electron chi connectivity index (χ0n) is 13.1. The first-order valence-electron chi connectivity index (χ1n) is 8.51. The summed E-state index contributed by atoms with van der Waals surface area (Å²) in [6.07, 6.45) is 8.22. The standard InChI is InChI=1S/C18H27NO2/c1-2-19-18(14-7-5-3-4-6-8-14)15-9-10-16-17(13-15)21-12-11-20-16/h9-10,13-14,18-19H,2-8,11-12H2,1H3. The number of hydrogen-bond donors (Lipinski definition) is 1. The van der Waals surface area contributed by atoms with Crippen LogP contribution in [0, 0.1) is 5.92 Å². The van der Waals surface area contributed by atoms with E-state index >= 15 is 0 Å². The lowest BCUT2D eigenvalue weighted by Crippen LogP contribution is -2.28. The summed E-state index contributed by atoms with van der Waals surface area (Å²) in [5.41, 5.74) is 1.35. The zero-order chi connectivity index (χ0) is 14.5. The van der Waals surface area contributed by atoms with E-state index in [4.69, 9.17) is 9.47 Å².